The average molecular weight is 330 g/mol. The lowest BCUT2D eigenvalue weighted by Crippen LogP contribution is -2.32. The van der Waals surface area contributed by atoms with Crippen LogP contribution >= 0.6 is 11.3 Å². The third-order valence-corrected chi connectivity index (χ3v) is 5.36. The predicted molar refractivity (Wildman–Crippen MR) is 94.6 cm³/mol. The van der Waals surface area contributed by atoms with Gasteiger partial charge in [0.1, 0.15) is 5.82 Å². The molecule has 0 atom stereocenters. The van der Waals surface area contributed by atoms with Gasteiger partial charge in [0, 0.05) is 57.0 Å². The van der Waals surface area contributed by atoms with E-state index in [1.165, 1.54) is 12.8 Å². The molecule has 0 aromatic carbocycles. The van der Waals surface area contributed by atoms with Crippen LogP contribution in [0.1, 0.15) is 19.3 Å². The summed E-state index contributed by atoms with van der Waals surface area (Å²) in [7, 11) is 0. The zero-order valence-electron chi connectivity index (χ0n) is 13.3. The van der Waals surface area contributed by atoms with Crippen molar-refractivity contribution in [2.45, 2.75) is 19.3 Å². The monoisotopic (exact) mass is 330 g/mol. The van der Waals surface area contributed by atoms with Gasteiger partial charge in [0.05, 0.1) is 0 Å². The van der Waals surface area contributed by atoms with Crippen LogP contribution in [0.3, 0.4) is 0 Å². The van der Waals surface area contributed by atoms with Crippen molar-refractivity contribution in [3.8, 4) is 0 Å². The summed E-state index contributed by atoms with van der Waals surface area (Å²) in [5.74, 6) is 1.95. The molecule has 2 aromatic heterocycles. The molecule has 2 fully saturated rings. The second-order valence-corrected chi connectivity index (χ2v) is 6.92. The highest BCUT2D eigenvalue weighted by atomic mass is 32.1. The quantitative estimate of drug-likeness (QED) is 0.860. The number of rotatable bonds is 3. The van der Waals surface area contributed by atoms with Crippen LogP contribution in [0.25, 0.3) is 0 Å². The first-order valence-corrected chi connectivity index (χ1v) is 9.25. The summed E-state index contributed by atoms with van der Waals surface area (Å²) in [4.78, 5) is 20.8. The molecule has 2 aliphatic heterocycles. The van der Waals surface area contributed by atoms with Gasteiger partial charge in [0.2, 0.25) is 5.95 Å². The Morgan fingerprint density at radius 1 is 0.783 bits per heavy atom. The molecule has 0 unspecified atom stereocenters. The number of anilines is 3. The summed E-state index contributed by atoms with van der Waals surface area (Å²) >= 11 is 1.71. The van der Waals surface area contributed by atoms with Crippen LogP contribution in [-0.2, 0) is 0 Å². The molecule has 0 amide bonds. The van der Waals surface area contributed by atoms with Crippen molar-refractivity contribution in [1.82, 2.24) is 15.0 Å². The van der Waals surface area contributed by atoms with Gasteiger partial charge in [-0.3, -0.25) is 0 Å². The molecule has 0 spiro atoms. The molecule has 7 heteroatoms. The minimum absolute atomic E-state index is 0.871. The molecule has 2 aromatic rings. The maximum Gasteiger partial charge on any atom is 0.227 e. The van der Waals surface area contributed by atoms with Crippen LogP contribution in [0.4, 0.5) is 16.9 Å². The van der Waals surface area contributed by atoms with Crippen molar-refractivity contribution in [1.29, 1.82) is 0 Å². The first kappa shape index (κ1) is 14.7. The second kappa shape index (κ2) is 6.70. The molecular weight excluding hydrogens is 308 g/mol. The Hall–Kier alpha value is -1.89. The summed E-state index contributed by atoms with van der Waals surface area (Å²) in [6, 6.07) is 2.04. The maximum atomic E-state index is 4.82. The zero-order chi connectivity index (χ0) is 15.5. The first-order valence-electron chi connectivity index (χ1n) is 8.37. The number of nitrogens with zero attached hydrogens (tertiary/aromatic N) is 6. The number of thiazole rings is 1. The highest BCUT2D eigenvalue weighted by molar-refractivity contribution is 7.13. The highest BCUT2D eigenvalue weighted by Crippen LogP contribution is 2.22. The molecule has 4 rings (SSSR count). The van der Waals surface area contributed by atoms with E-state index < -0.39 is 0 Å². The molecule has 2 saturated heterocycles. The summed E-state index contributed by atoms with van der Waals surface area (Å²) in [6.07, 6.45) is 7.43. The first-order chi connectivity index (χ1) is 11.4. The van der Waals surface area contributed by atoms with E-state index in [0.29, 0.717) is 0 Å². The van der Waals surface area contributed by atoms with E-state index in [1.54, 1.807) is 11.3 Å². The van der Waals surface area contributed by atoms with Crippen molar-refractivity contribution in [2.24, 2.45) is 0 Å². The minimum atomic E-state index is 0.871. The molecule has 23 heavy (non-hydrogen) atoms. The van der Waals surface area contributed by atoms with Gasteiger partial charge in [-0.15, -0.1) is 11.3 Å². The van der Waals surface area contributed by atoms with E-state index in [-0.39, 0.29) is 0 Å². The van der Waals surface area contributed by atoms with Crippen LogP contribution in [-0.4, -0.2) is 54.2 Å². The van der Waals surface area contributed by atoms with Crippen LogP contribution in [0.15, 0.2) is 23.8 Å². The molecule has 0 radical (unpaired) electrons. The minimum Gasteiger partial charge on any atom is -0.356 e. The summed E-state index contributed by atoms with van der Waals surface area (Å²) in [6.45, 7) is 6.22. The Balaban J connectivity index is 1.46. The maximum absolute atomic E-state index is 4.82. The topological polar surface area (TPSA) is 48.4 Å². The van der Waals surface area contributed by atoms with Crippen LogP contribution in [0.2, 0.25) is 0 Å². The molecule has 122 valence electrons. The average Bonchev–Trinajstić information content (AvgIpc) is 3.26. The fraction of sp³-hybridized carbons (Fsp3) is 0.562. The SMILES string of the molecule is c1cc(N2CCCC2)nc(N2CCCN(c3nccs3)CC2)n1. The van der Waals surface area contributed by atoms with Crippen molar-refractivity contribution < 1.29 is 0 Å². The number of hydrogen-bond acceptors (Lipinski definition) is 7. The lowest BCUT2D eigenvalue weighted by Gasteiger charge is -2.23. The van der Waals surface area contributed by atoms with E-state index in [2.05, 4.69) is 24.7 Å². The smallest absolute Gasteiger partial charge is 0.227 e. The molecule has 2 aliphatic rings. The molecular formula is C16H22N6S. The van der Waals surface area contributed by atoms with Crippen molar-refractivity contribution in [3.05, 3.63) is 23.8 Å². The molecule has 0 bridgehead atoms. The van der Waals surface area contributed by atoms with Crippen LogP contribution in [0.5, 0.6) is 0 Å². The fourth-order valence-corrected chi connectivity index (χ4v) is 3.99. The van der Waals surface area contributed by atoms with Gasteiger partial charge in [-0.1, -0.05) is 0 Å². The van der Waals surface area contributed by atoms with Gasteiger partial charge in [-0.25, -0.2) is 9.97 Å². The highest BCUT2D eigenvalue weighted by Gasteiger charge is 2.20. The Bertz CT molecular complexity index is 625. The van der Waals surface area contributed by atoms with Crippen LogP contribution in [0, 0.1) is 0 Å². The number of aromatic nitrogens is 3. The van der Waals surface area contributed by atoms with E-state index in [0.717, 1.165) is 62.6 Å². The van der Waals surface area contributed by atoms with Crippen LogP contribution < -0.4 is 14.7 Å². The van der Waals surface area contributed by atoms with E-state index in [9.17, 15) is 0 Å². The molecule has 4 heterocycles. The predicted octanol–water partition coefficient (Wildman–Crippen LogP) is 2.25. The largest absolute Gasteiger partial charge is 0.356 e. The van der Waals surface area contributed by atoms with Gasteiger partial charge < -0.3 is 14.7 Å². The van der Waals surface area contributed by atoms with Gasteiger partial charge >= 0.3 is 0 Å². The second-order valence-electron chi connectivity index (χ2n) is 6.05. The summed E-state index contributed by atoms with van der Waals surface area (Å²) in [5.41, 5.74) is 0. The Kier molecular flexibility index (Phi) is 4.28. The van der Waals surface area contributed by atoms with Crippen molar-refractivity contribution in [2.75, 3.05) is 54.0 Å². The normalized spacial score (nSPS) is 19.2. The summed E-state index contributed by atoms with van der Waals surface area (Å²) < 4.78 is 0. The number of hydrogen-bond donors (Lipinski definition) is 0. The lowest BCUT2D eigenvalue weighted by atomic mass is 10.4. The third-order valence-electron chi connectivity index (χ3n) is 4.53. The van der Waals surface area contributed by atoms with E-state index in [4.69, 9.17) is 4.98 Å². The lowest BCUT2D eigenvalue weighted by molar-refractivity contribution is 0.778. The van der Waals surface area contributed by atoms with E-state index in [1.807, 2.05) is 23.8 Å². The van der Waals surface area contributed by atoms with Gasteiger partial charge in [0.15, 0.2) is 5.13 Å². The Labute approximate surface area is 140 Å². The zero-order valence-corrected chi connectivity index (χ0v) is 14.1. The third kappa shape index (κ3) is 3.24. The van der Waals surface area contributed by atoms with Crippen molar-refractivity contribution in [3.63, 3.8) is 0 Å². The Morgan fingerprint density at radius 2 is 1.57 bits per heavy atom. The van der Waals surface area contributed by atoms with Gasteiger partial charge in [-0.2, -0.15) is 4.98 Å². The molecule has 0 saturated carbocycles. The van der Waals surface area contributed by atoms with Gasteiger partial charge in [-0.05, 0) is 25.3 Å². The fourth-order valence-electron chi connectivity index (χ4n) is 3.29. The summed E-state index contributed by atoms with van der Waals surface area (Å²) in [5, 5.41) is 3.17. The van der Waals surface area contributed by atoms with Crippen molar-refractivity contribution >= 4 is 28.2 Å². The molecule has 0 aliphatic carbocycles. The Morgan fingerprint density at radius 3 is 2.39 bits per heavy atom. The molecule has 0 N–H and O–H groups in total. The standard InChI is InChI=1S/C16H22N6S/c1-2-8-20(7-1)14-4-5-17-15(19-14)21-9-3-10-22(12-11-21)16-18-6-13-23-16/h4-6,13H,1-3,7-12H2. The van der Waals surface area contributed by atoms with E-state index >= 15 is 0 Å². The van der Waals surface area contributed by atoms with Gasteiger partial charge in [0.25, 0.3) is 0 Å². The molecule has 6 nitrogen and oxygen atoms in total.